The Morgan fingerprint density at radius 1 is 0.976 bits per heavy atom. The predicted octanol–water partition coefficient (Wildman–Crippen LogP) is 4.43. The lowest BCUT2D eigenvalue weighted by Crippen LogP contribution is -2.58. The van der Waals surface area contributed by atoms with Crippen LogP contribution in [0, 0.1) is 5.92 Å². The van der Waals surface area contributed by atoms with Crippen molar-refractivity contribution in [1.82, 2.24) is 20.5 Å². The highest BCUT2D eigenvalue weighted by Crippen LogP contribution is 2.31. The van der Waals surface area contributed by atoms with E-state index >= 15 is 0 Å². The highest BCUT2D eigenvalue weighted by molar-refractivity contribution is 8.15. The molecule has 2 aromatic carbocycles. The Morgan fingerprint density at radius 2 is 1.63 bits per heavy atom. The lowest BCUT2D eigenvalue weighted by Gasteiger charge is -2.33. The minimum Gasteiger partial charge on any atom is -0.361 e. The Kier molecular flexibility index (Phi) is 9.65. The van der Waals surface area contributed by atoms with Crippen molar-refractivity contribution in [1.29, 1.82) is 0 Å². The molecule has 3 aromatic rings. The Bertz CT molecular complexity index is 1430. The zero-order chi connectivity index (χ0) is 29.6. The number of aromatic nitrogens is 1. The van der Waals surface area contributed by atoms with Crippen LogP contribution >= 0.6 is 11.8 Å². The van der Waals surface area contributed by atoms with Crippen molar-refractivity contribution in [3.8, 4) is 0 Å². The molecule has 1 atom stereocenters. The van der Waals surface area contributed by atoms with Crippen LogP contribution in [0.1, 0.15) is 72.7 Å². The van der Waals surface area contributed by atoms with Gasteiger partial charge in [-0.2, -0.15) is 0 Å². The van der Waals surface area contributed by atoms with Gasteiger partial charge in [0.1, 0.15) is 0 Å². The first-order chi connectivity index (χ1) is 19.6. The normalized spacial score (nSPS) is 14.3. The summed E-state index contributed by atoms with van der Waals surface area (Å²) >= 11 is 0.829. The van der Waals surface area contributed by atoms with Gasteiger partial charge in [0.2, 0.25) is 5.91 Å². The van der Waals surface area contributed by atoms with Crippen LogP contribution in [-0.4, -0.2) is 56.6 Å². The number of H-pyrrole nitrogens is 1. The molecule has 10 heteroatoms. The Hall–Kier alpha value is -3.92. The second kappa shape index (κ2) is 13.2. The molecular weight excluding hydrogens is 540 g/mol. The number of para-hydroxylation sites is 1. The van der Waals surface area contributed by atoms with Crippen LogP contribution < -0.4 is 10.6 Å². The summed E-state index contributed by atoms with van der Waals surface area (Å²) in [7, 11) is 0. The zero-order valence-electron chi connectivity index (χ0n) is 23.6. The maximum absolute atomic E-state index is 13.6. The molecule has 2 heterocycles. The number of imide groups is 1. The largest absolute Gasteiger partial charge is 0.361 e. The lowest BCUT2D eigenvalue weighted by atomic mass is 10.0. The van der Waals surface area contributed by atoms with Crippen molar-refractivity contribution < 1.29 is 24.0 Å². The van der Waals surface area contributed by atoms with Gasteiger partial charge in [0.25, 0.3) is 17.7 Å². The van der Waals surface area contributed by atoms with Crippen molar-refractivity contribution in [3.63, 3.8) is 0 Å². The number of thioether (sulfide) groups is 1. The van der Waals surface area contributed by atoms with Gasteiger partial charge >= 0.3 is 0 Å². The fourth-order valence-electron chi connectivity index (χ4n) is 5.21. The van der Waals surface area contributed by atoms with Gasteiger partial charge < -0.3 is 15.6 Å². The third-order valence-corrected chi connectivity index (χ3v) is 8.08. The van der Waals surface area contributed by atoms with Gasteiger partial charge in [0, 0.05) is 43.5 Å². The quantitative estimate of drug-likeness (QED) is 0.157. The molecule has 0 spiro atoms. The molecule has 0 bridgehead atoms. The van der Waals surface area contributed by atoms with Crippen LogP contribution in [0.3, 0.4) is 0 Å². The van der Waals surface area contributed by atoms with E-state index in [2.05, 4.69) is 15.6 Å². The van der Waals surface area contributed by atoms with E-state index in [9.17, 15) is 24.0 Å². The number of benzene rings is 2. The maximum atomic E-state index is 13.6. The highest BCUT2D eigenvalue weighted by atomic mass is 32.2. The van der Waals surface area contributed by atoms with Crippen LogP contribution in [0.5, 0.6) is 0 Å². The zero-order valence-corrected chi connectivity index (χ0v) is 24.4. The van der Waals surface area contributed by atoms with Crippen LogP contribution in [0.15, 0.2) is 54.7 Å². The van der Waals surface area contributed by atoms with Crippen LogP contribution in [0.2, 0.25) is 0 Å². The summed E-state index contributed by atoms with van der Waals surface area (Å²) in [4.78, 5) is 67.0. The van der Waals surface area contributed by atoms with E-state index in [-0.39, 0.29) is 48.1 Å². The molecule has 0 saturated heterocycles. The Morgan fingerprint density at radius 3 is 2.29 bits per heavy atom. The molecule has 4 amide bonds. The van der Waals surface area contributed by atoms with E-state index in [1.807, 2.05) is 44.3 Å². The van der Waals surface area contributed by atoms with E-state index in [1.165, 1.54) is 11.8 Å². The summed E-state index contributed by atoms with van der Waals surface area (Å²) in [5.41, 5.74) is 2.87. The number of nitrogens with one attached hydrogen (secondary N) is 3. The molecule has 216 valence electrons. The van der Waals surface area contributed by atoms with Gasteiger partial charge in [-0.25, -0.2) is 0 Å². The van der Waals surface area contributed by atoms with Crippen molar-refractivity contribution in [2.75, 3.05) is 13.1 Å². The SMILES string of the molecule is CC(=O)S[C@@](CC(C)C)(NC(=O)CCCCN1C(=O)c2ccccc2C1=O)C(=O)NCCc1c[nH]c2ccccc12. The van der Waals surface area contributed by atoms with Gasteiger partial charge in [-0.15, -0.1) is 0 Å². The standard InChI is InChI=1S/C31H36N4O5S/c1-20(2)18-31(41-21(3)36,30(40)32-16-15-22-19-33-26-13-7-6-10-23(22)26)34-27(37)14-8-9-17-35-28(38)24-11-4-5-12-25(24)29(35)39/h4-7,10-13,19-20,33H,8-9,14-18H2,1-3H3,(H,32,40)(H,34,37)/t31-/m1/s1. The fourth-order valence-corrected chi connectivity index (χ4v) is 6.45. The first kappa shape index (κ1) is 30.0. The molecule has 3 N–H and O–H groups in total. The number of hydrogen-bond donors (Lipinski definition) is 3. The molecule has 4 rings (SSSR count). The minimum absolute atomic E-state index is 0.0235. The summed E-state index contributed by atoms with van der Waals surface area (Å²) in [6.07, 6.45) is 3.72. The van der Waals surface area contributed by atoms with Crippen molar-refractivity contribution in [2.24, 2.45) is 5.92 Å². The number of fused-ring (bicyclic) bond motifs is 2. The number of rotatable bonds is 13. The number of nitrogens with zero attached hydrogens (tertiary/aromatic N) is 1. The number of amides is 4. The van der Waals surface area contributed by atoms with Crippen LogP contribution in [0.4, 0.5) is 0 Å². The molecule has 1 aliphatic heterocycles. The third kappa shape index (κ3) is 7.05. The van der Waals surface area contributed by atoms with E-state index in [0.29, 0.717) is 36.9 Å². The van der Waals surface area contributed by atoms with E-state index < -0.39 is 10.8 Å². The highest BCUT2D eigenvalue weighted by Gasteiger charge is 2.42. The number of aromatic amines is 1. The average Bonchev–Trinajstić information content (AvgIpc) is 3.44. The number of carbonyl (C=O) groups excluding carboxylic acids is 5. The molecule has 1 aromatic heterocycles. The third-order valence-electron chi connectivity index (χ3n) is 6.99. The molecule has 0 aliphatic carbocycles. The van der Waals surface area contributed by atoms with E-state index in [1.54, 1.807) is 24.3 Å². The Balaban J connectivity index is 1.35. The van der Waals surface area contributed by atoms with Crippen molar-refractivity contribution in [2.45, 2.75) is 57.7 Å². The molecule has 0 unspecified atom stereocenters. The molecule has 41 heavy (non-hydrogen) atoms. The molecule has 0 saturated carbocycles. The van der Waals surface area contributed by atoms with Gasteiger partial charge in [-0.3, -0.25) is 28.9 Å². The second-order valence-corrected chi connectivity index (χ2v) is 12.2. The minimum atomic E-state index is -1.44. The van der Waals surface area contributed by atoms with Crippen LogP contribution in [0.25, 0.3) is 10.9 Å². The van der Waals surface area contributed by atoms with Gasteiger partial charge in [0.05, 0.1) is 11.1 Å². The molecule has 0 radical (unpaired) electrons. The molecular formula is C31H36N4O5S. The topological polar surface area (TPSA) is 128 Å². The molecule has 0 fully saturated rings. The first-order valence-electron chi connectivity index (χ1n) is 13.9. The smallest absolute Gasteiger partial charge is 0.261 e. The van der Waals surface area contributed by atoms with Gasteiger partial charge in [-0.05, 0) is 55.4 Å². The summed E-state index contributed by atoms with van der Waals surface area (Å²) in [6, 6.07) is 14.6. The Labute approximate surface area is 243 Å². The second-order valence-electron chi connectivity index (χ2n) is 10.7. The van der Waals surface area contributed by atoms with Crippen molar-refractivity contribution >= 4 is 51.4 Å². The number of unbranched alkanes of at least 4 members (excludes halogenated alkanes) is 1. The van der Waals surface area contributed by atoms with Gasteiger partial charge in [-0.1, -0.05) is 55.9 Å². The molecule has 1 aliphatic rings. The van der Waals surface area contributed by atoms with Crippen LogP contribution in [-0.2, 0) is 20.8 Å². The average molecular weight is 577 g/mol. The lowest BCUT2D eigenvalue weighted by molar-refractivity contribution is -0.130. The molecule has 9 nitrogen and oxygen atoms in total. The monoisotopic (exact) mass is 576 g/mol. The predicted molar refractivity (Wildman–Crippen MR) is 159 cm³/mol. The van der Waals surface area contributed by atoms with E-state index in [4.69, 9.17) is 0 Å². The summed E-state index contributed by atoms with van der Waals surface area (Å²) < 4.78 is 0. The maximum Gasteiger partial charge on any atom is 0.261 e. The summed E-state index contributed by atoms with van der Waals surface area (Å²) in [5, 5.41) is 6.62. The number of hydrogen-bond acceptors (Lipinski definition) is 6. The summed E-state index contributed by atoms with van der Waals surface area (Å²) in [6.45, 7) is 5.79. The van der Waals surface area contributed by atoms with E-state index in [0.717, 1.165) is 28.2 Å². The van der Waals surface area contributed by atoms with Gasteiger partial charge in [0.15, 0.2) is 9.99 Å². The summed E-state index contributed by atoms with van der Waals surface area (Å²) in [5.74, 6) is -1.41. The fraction of sp³-hybridized carbons (Fsp3) is 0.387. The number of carbonyl (C=O) groups is 5. The van der Waals surface area contributed by atoms with Crippen molar-refractivity contribution in [3.05, 3.63) is 71.4 Å². The first-order valence-corrected chi connectivity index (χ1v) is 14.7.